The van der Waals surface area contributed by atoms with Gasteiger partial charge in [0.25, 0.3) is 5.91 Å². The van der Waals surface area contributed by atoms with Gasteiger partial charge in [-0.1, -0.05) is 18.2 Å². The van der Waals surface area contributed by atoms with Crippen molar-refractivity contribution in [3.63, 3.8) is 0 Å². The van der Waals surface area contributed by atoms with E-state index in [-0.39, 0.29) is 11.7 Å². The summed E-state index contributed by atoms with van der Waals surface area (Å²) in [5, 5.41) is 0.432. The van der Waals surface area contributed by atoms with Gasteiger partial charge in [0.15, 0.2) is 0 Å². The molecule has 2 aromatic carbocycles. The number of carbonyl (C=O) groups excluding carboxylic acids is 1. The molecule has 0 saturated carbocycles. The molecular formula is C19H19FN2O2. The Kier molecular flexibility index (Phi) is 4.51. The summed E-state index contributed by atoms with van der Waals surface area (Å²) >= 11 is 0. The van der Waals surface area contributed by atoms with Crippen molar-refractivity contribution in [2.75, 3.05) is 13.7 Å². The second-order valence-electron chi connectivity index (χ2n) is 5.55. The summed E-state index contributed by atoms with van der Waals surface area (Å²) in [6, 6.07) is 13.9. The lowest BCUT2D eigenvalue weighted by Crippen LogP contribution is -2.30. The van der Waals surface area contributed by atoms with Gasteiger partial charge < -0.3 is 14.6 Å². The molecule has 4 nitrogen and oxygen atoms in total. The number of hydrogen-bond acceptors (Lipinski definition) is 2. The fourth-order valence-electron chi connectivity index (χ4n) is 2.68. The number of nitrogens with zero attached hydrogens (tertiary/aromatic N) is 1. The maximum Gasteiger partial charge on any atom is 0.270 e. The first kappa shape index (κ1) is 16.1. The highest BCUT2D eigenvalue weighted by Crippen LogP contribution is 2.20. The molecular weight excluding hydrogens is 307 g/mol. The molecule has 0 aliphatic carbocycles. The summed E-state index contributed by atoms with van der Waals surface area (Å²) in [4.78, 5) is 17.4. The van der Waals surface area contributed by atoms with Crippen molar-refractivity contribution in [3.8, 4) is 5.75 Å². The monoisotopic (exact) mass is 326 g/mol. The van der Waals surface area contributed by atoms with Crippen molar-refractivity contribution in [1.82, 2.24) is 9.88 Å². The van der Waals surface area contributed by atoms with Crippen molar-refractivity contribution in [2.24, 2.45) is 0 Å². The molecule has 5 heteroatoms. The van der Waals surface area contributed by atoms with E-state index in [9.17, 15) is 9.18 Å². The first-order valence-corrected chi connectivity index (χ1v) is 7.81. The zero-order chi connectivity index (χ0) is 17.1. The number of hydrogen-bond donors (Lipinski definition) is 1. The molecule has 1 aromatic heterocycles. The fourth-order valence-corrected chi connectivity index (χ4v) is 2.68. The van der Waals surface area contributed by atoms with E-state index in [0.29, 0.717) is 29.7 Å². The minimum absolute atomic E-state index is 0.149. The highest BCUT2D eigenvalue weighted by molar-refractivity contribution is 5.98. The van der Waals surface area contributed by atoms with Crippen LogP contribution in [0.1, 0.15) is 23.0 Å². The average Bonchev–Trinajstić information content (AvgIpc) is 3.05. The second kappa shape index (κ2) is 6.74. The number of ether oxygens (including phenoxy) is 1. The van der Waals surface area contributed by atoms with Crippen LogP contribution in [0.5, 0.6) is 5.75 Å². The van der Waals surface area contributed by atoms with Crippen LogP contribution in [-0.2, 0) is 6.54 Å². The molecule has 0 bridgehead atoms. The Morgan fingerprint density at radius 3 is 2.58 bits per heavy atom. The van der Waals surface area contributed by atoms with Crippen LogP contribution in [-0.4, -0.2) is 29.4 Å². The first-order valence-electron chi connectivity index (χ1n) is 7.81. The van der Waals surface area contributed by atoms with Crippen LogP contribution < -0.4 is 4.74 Å². The molecule has 0 atom stereocenters. The SMILES string of the molecule is CCN(Cc1ccc(OC)cc1)C(=O)c1cc2c(F)cccc2[nH]1. The molecule has 24 heavy (non-hydrogen) atoms. The van der Waals surface area contributed by atoms with Crippen LogP contribution in [0.3, 0.4) is 0 Å². The molecule has 0 spiro atoms. The van der Waals surface area contributed by atoms with Gasteiger partial charge in [-0.3, -0.25) is 4.79 Å². The molecule has 0 aliphatic rings. The van der Waals surface area contributed by atoms with E-state index in [2.05, 4.69) is 4.98 Å². The van der Waals surface area contributed by atoms with Crippen molar-refractivity contribution < 1.29 is 13.9 Å². The third-order valence-electron chi connectivity index (χ3n) is 4.04. The molecule has 0 radical (unpaired) electrons. The molecule has 3 rings (SSSR count). The highest BCUT2D eigenvalue weighted by atomic mass is 19.1. The maximum absolute atomic E-state index is 13.8. The Morgan fingerprint density at radius 2 is 1.96 bits per heavy atom. The Labute approximate surface area is 139 Å². The minimum atomic E-state index is -0.332. The van der Waals surface area contributed by atoms with Gasteiger partial charge >= 0.3 is 0 Å². The number of carbonyl (C=O) groups is 1. The van der Waals surface area contributed by atoms with Gasteiger partial charge in [0.1, 0.15) is 17.3 Å². The Hall–Kier alpha value is -2.82. The summed E-state index contributed by atoms with van der Waals surface area (Å²) in [6.45, 7) is 2.96. The Bertz CT molecular complexity index is 855. The molecule has 124 valence electrons. The number of benzene rings is 2. The predicted molar refractivity (Wildman–Crippen MR) is 91.7 cm³/mol. The van der Waals surface area contributed by atoms with Gasteiger partial charge in [-0.2, -0.15) is 0 Å². The third kappa shape index (κ3) is 3.11. The van der Waals surface area contributed by atoms with Gasteiger partial charge in [-0.25, -0.2) is 4.39 Å². The largest absolute Gasteiger partial charge is 0.497 e. The molecule has 0 aliphatic heterocycles. The van der Waals surface area contributed by atoms with Crippen LogP contribution in [0.4, 0.5) is 4.39 Å². The molecule has 1 amide bonds. The van der Waals surface area contributed by atoms with E-state index < -0.39 is 0 Å². The summed E-state index contributed by atoms with van der Waals surface area (Å²) in [6.07, 6.45) is 0. The van der Waals surface area contributed by atoms with Gasteiger partial charge in [0, 0.05) is 24.0 Å². The highest BCUT2D eigenvalue weighted by Gasteiger charge is 2.18. The van der Waals surface area contributed by atoms with Crippen LogP contribution in [0.2, 0.25) is 0 Å². The second-order valence-corrected chi connectivity index (χ2v) is 5.55. The standard InChI is InChI=1S/C19H19FN2O2/c1-3-22(12-13-7-9-14(24-2)10-8-13)19(23)18-11-15-16(20)5-4-6-17(15)21-18/h4-11,21H,3,12H2,1-2H3. The summed E-state index contributed by atoms with van der Waals surface area (Å²) in [5.74, 6) is 0.295. The van der Waals surface area contributed by atoms with E-state index >= 15 is 0 Å². The van der Waals surface area contributed by atoms with Crippen molar-refractivity contribution in [3.05, 3.63) is 65.6 Å². The predicted octanol–water partition coefficient (Wildman–Crippen LogP) is 3.98. The topological polar surface area (TPSA) is 45.3 Å². The van der Waals surface area contributed by atoms with Crippen LogP contribution >= 0.6 is 0 Å². The van der Waals surface area contributed by atoms with Crippen LogP contribution in [0.15, 0.2) is 48.5 Å². The zero-order valence-electron chi connectivity index (χ0n) is 13.7. The first-order chi connectivity index (χ1) is 11.6. The van der Waals surface area contributed by atoms with E-state index in [1.54, 1.807) is 30.2 Å². The smallest absolute Gasteiger partial charge is 0.270 e. The van der Waals surface area contributed by atoms with E-state index in [4.69, 9.17) is 4.74 Å². The summed E-state index contributed by atoms with van der Waals surface area (Å²) in [5.41, 5.74) is 2.03. The van der Waals surface area contributed by atoms with Crippen molar-refractivity contribution in [2.45, 2.75) is 13.5 Å². The molecule has 0 saturated heterocycles. The third-order valence-corrected chi connectivity index (χ3v) is 4.04. The van der Waals surface area contributed by atoms with Crippen LogP contribution in [0.25, 0.3) is 10.9 Å². The van der Waals surface area contributed by atoms with Crippen molar-refractivity contribution in [1.29, 1.82) is 0 Å². The lowest BCUT2D eigenvalue weighted by Gasteiger charge is -2.20. The van der Waals surface area contributed by atoms with Gasteiger partial charge in [0.2, 0.25) is 0 Å². The molecule has 0 fully saturated rings. The number of H-pyrrole nitrogens is 1. The summed E-state index contributed by atoms with van der Waals surface area (Å²) in [7, 11) is 1.62. The summed E-state index contributed by atoms with van der Waals surface area (Å²) < 4.78 is 18.9. The normalized spacial score (nSPS) is 10.8. The van der Waals surface area contributed by atoms with Gasteiger partial charge in [-0.05, 0) is 42.8 Å². The van der Waals surface area contributed by atoms with E-state index in [1.165, 1.54) is 6.07 Å². The number of aromatic nitrogens is 1. The number of fused-ring (bicyclic) bond motifs is 1. The van der Waals surface area contributed by atoms with Gasteiger partial charge in [0.05, 0.1) is 7.11 Å². The van der Waals surface area contributed by atoms with Crippen LogP contribution in [0, 0.1) is 5.82 Å². The maximum atomic E-state index is 13.8. The number of aromatic amines is 1. The number of nitrogens with one attached hydrogen (secondary N) is 1. The Morgan fingerprint density at radius 1 is 1.21 bits per heavy atom. The molecule has 3 aromatic rings. The van der Waals surface area contributed by atoms with Gasteiger partial charge in [-0.15, -0.1) is 0 Å². The minimum Gasteiger partial charge on any atom is -0.497 e. The number of halogens is 1. The average molecular weight is 326 g/mol. The number of rotatable bonds is 5. The lowest BCUT2D eigenvalue weighted by molar-refractivity contribution is 0.0747. The molecule has 1 N–H and O–H groups in total. The Balaban J connectivity index is 1.83. The van der Waals surface area contributed by atoms with E-state index in [0.717, 1.165) is 11.3 Å². The molecule has 0 unspecified atom stereocenters. The fraction of sp³-hybridized carbons (Fsp3) is 0.211. The quantitative estimate of drug-likeness (QED) is 0.771. The zero-order valence-corrected chi connectivity index (χ0v) is 13.7. The lowest BCUT2D eigenvalue weighted by atomic mass is 10.2. The van der Waals surface area contributed by atoms with E-state index in [1.807, 2.05) is 31.2 Å². The number of methoxy groups -OCH3 is 1. The number of amides is 1. The molecule has 1 heterocycles. The van der Waals surface area contributed by atoms with Crippen molar-refractivity contribution >= 4 is 16.8 Å².